The number of furan rings is 1. The van der Waals surface area contributed by atoms with Gasteiger partial charge in [-0.2, -0.15) is 0 Å². The van der Waals surface area contributed by atoms with Gasteiger partial charge >= 0.3 is 0 Å². The molecule has 0 saturated heterocycles. The minimum absolute atomic E-state index is 0.220. The van der Waals surface area contributed by atoms with Crippen LogP contribution in [0.3, 0.4) is 0 Å². The Hall–Kier alpha value is -2.67. The molecule has 4 rings (SSSR count). The maximum absolute atomic E-state index is 13.0. The standard InChI is InChI=1S/C23H26N2O4S/c1-15-3-6-20(11-16(15)2)30(27,28)19-7-4-17(5-8-19)13-25-23(26)21-12-18-9-10-24-14-22(18)29-21/h4-5,7-10,12,14-16,20H,3,6,11,13H2,1-2H3,(H,25,26). The zero-order chi connectivity index (χ0) is 21.3. The number of hydrogen-bond acceptors (Lipinski definition) is 5. The van der Waals surface area contributed by atoms with Gasteiger partial charge in [-0.25, -0.2) is 8.42 Å². The van der Waals surface area contributed by atoms with Crippen LogP contribution in [0.4, 0.5) is 0 Å². The lowest BCUT2D eigenvalue weighted by atomic mass is 9.81. The van der Waals surface area contributed by atoms with E-state index in [4.69, 9.17) is 4.42 Å². The summed E-state index contributed by atoms with van der Waals surface area (Å²) in [5, 5.41) is 3.31. The number of pyridine rings is 1. The fraction of sp³-hybridized carbons (Fsp3) is 0.391. The SMILES string of the molecule is CC1CCC(S(=O)(=O)c2ccc(CNC(=O)c3cc4ccncc4o3)cc2)CC1C. The Balaban J connectivity index is 1.40. The van der Waals surface area contributed by atoms with Crippen molar-refractivity contribution in [3.8, 4) is 0 Å². The van der Waals surface area contributed by atoms with Crippen molar-refractivity contribution >= 4 is 26.7 Å². The molecule has 1 aliphatic rings. The highest BCUT2D eigenvalue weighted by Crippen LogP contribution is 2.35. The predicted octanol–water partition coefficient (Wildman–Crippen LogP) is 4.36. The molecule has 3 aromatic rings. The number of sulfone groups is 1. The fourth-order valence-electron chi connectivity index (χ4n) is 4.04. The van der Waals surface area contributed by atoms with Gasteiger partial charge in [0.1, 0.15) is 0 Å². The molecule has 0 spiro atoms. The van der Waals surface area contributed by atoms with Gasteiger partial charge in [-0.3, -0.25) is 9.78 Å². The topological polar surface area (TPSA) is 89.3 Å². The second-order valence-electron chi connectivity index (χ2n) is 8.29. The van der Waals surface area contributed by atoms with Gasteiger partial charge in [0.25, 0.3) is 5.91 Å². The zero-order valence-corrected chi connectivity index (χ0v) is 18.0. The minimum Gasteiger partial charge on any atom is -0.449 e. The highest BCUT2D eigenvalue weighted by Gasteiger charge is 2.34. The molecular weight excluding hydrogens is 400 g/mol. The summed E-state index contributed by atoms with van der Waals surface area (Å²) in [5.41, 5.74) is 1.38. The average Bonchev–Trinajstić information content (AvgIpc) is 3.18. The Morgan fingerprint density at radius 2 is 1.90 bits per heavy atom. The Labute approximate surface area is 176 Å². The molecule has 1 saturated carbocycles. The third-order valence-corrected chi connectivity index (χ3v) is 8.48. The van der Waals surface area contributed by atoms with Crippen molar-refractivity contribution in [3.05, 3.63) is 60.1 Å². The molecule has 3 atom stereocenters. The highest BCUT2D eigenvalue weighted by molar-refractivity contribution is 7.92. The molecule has 2 aromatic heterocycles. The van der Waals surface area contributed by atoms with Crippen molar-refractivity contribution in [3.63, 3.8) is 0 Å². The second kappa shape index (κ2) is 8.22. The first-order valence-electron chi connectivity index (χ1n) is 10.3. The summed E-state index contributed by atoms with van der Waals surface area (Å²) in [5.74, 6) is 0.888. The Kier molecular flexibility index (Phi) is 5.64. The molecule has 2 heterocycles. The lowest BCUT2D eigenvalue weighted by molar-refractivity contribution is 0.0925. The van der Waals surface area contributed by atoms with Crippen LogP contribution in [-0.2, 0) is 16.4 Å². The molecule has 1 N–H and O–H groups in total. The van der Waals surface area contributed by atoms with Crippen molar-refractivity contribution in [1.29, 1.82) is 0 Å². The van der Waals surface area contributed by atoms with E-state index >= 15 is 0 Å². The van der Waals surface area contributed by atoms with E-state index in [2.05, 4.69) is 24.1 Å². The van der Waals surface area contributed by atoms with Crippen molar-refractivity contribution in [2.45, 2.75) is 49.8 Å². The zero-order valence-electron chi connectivity index (χ0n) is 17.2. The molecule has 0 radical (unpaired) electrons. The molecule has 1 amide bonds. The normalized spacial score (nSPS) is 22.1. The van der Waals surface area contributed by atoms with E-state index in [1.807, 2.05) is 0 Å². The number of hydrogen-bond donors (Lipinski definition) is 1. The summed E-state index contributed by atoms with van der Waals surface area (Å²) in [6, 6.07) is 10.3. The largest absolute Gasteiger partial charge is 0.449 e. The molecule has 30 heavy (non-hydrogen) atoms. The van der Waals surface area contributed by atoms with E-state index < -0.39 is 9.84 Å². The molecule has 1 fully saturated rings. The van der Waals surface area contributed by atoms with Crippen molar-refractivity contribution in [2.24, 2.45) is 11.8 Å². The summed E-state index contributed by atoms with van der Waals surface area (Å²) >= 11 is 0. The molecule has 3 unspecified atom stereocenters. The lowest BCUT2D eigenvalue weighted by Gasteiger charge is -2.31. The number of carbonyl (C=O) groups excluding carboxylic acids is 1. The lowest BCUT2D eigenvalue weighted by Crippen LogP contribution is -2.31. The van der Waals surface area contributed by atoms with Crippen molar-refractivity contribution in [1.82, 2.24) is 10.3 Å². The first-order chi connectivity index (χ1) is 14.3. The third-order valence-electron chi connectivity index (χ3n) is 6.24. The number of aromatic nitrogens is 1. The van der Waals surface area contributed by atoms with Crippen LogP contribution in [0.25, 0.3) is 11.0 Å². The molecule has 158 valence electrons. The molecule has 7 heteroatoms. The van der Waals surface area contributed by atoms with Gasteiger partial charge in [0.2, 0.25) is 0 Å². The van der Waals surface area contributed by atoms with Gasteiger partial charge < -0.3 is 9.73 Å². The fourth-order valence-corrected chi connectivity index (χ4v) is 5.94. The number of amides is 1. The number of rotatable bonds is 5. The van der Waals surface area contributed by atoms with Crippen LogP contribution in [0.2, 0.25) is 0 Å². The van der Waals surface area contributed by atoms with Crippen LogP contribution in [0.15, 0.2) is 58.1 Å². The number of nitrogens with zero attached hydrogens (tertiary/aromatic N) is 1. The molecule has 0 aliphatic heterocycles. The molecule has 6 nitrogen and oxygen atoms in total. The number of nitrogens with one attached hydrogen (secondary N) is 1. The third kappa shape index (κ3) is 4.12. The van der Waals surface area contributed by atoms with Crippen LogP contribution in [-0.4, -0.2) is 24.6 Å². The van der Waals surface area contributed by atoms with Crippen LogP contribution >= 0.6 is 0 Å². The van der Waals surface area contributed by atoms with Gasteiger partial charge in [-0.05, 0) is 60.9 Å². The first kappa shape index (κ1) is 20.6. The quantitative estimate of drug-likeness (QED) is 0.655. The Morgan fingerprint density at radius 1 is 1.13 bits per heavy atom. The van der Waals surface area contributed by atoms with Gasteiger partial charge in [-0.1, -0.05) is 26.0 Å². The van der Waals surface area contributed by atoms with Crippen molar-refractivity contribution in [2.75, 3.05) is 0 Å². The van der Waals surface area contributed by atoms with E-state index in [0.29, 0.717) is 28.7 Å². The molecular formula is C23H26N2O4S. The monoisotopic (exact) mass is 426 g/mol. The smallest absolute Gasteiger partial charge is 0.287 e. The maximum Gasteiger partial charge on any atom is 0.287 e. The van der Waals surface area contributed by atoms with E-state index in [1.54, 1.807) is 48.8 Å². The number of carbonyl (C=O) groups is 1. The van der Waals surface area contributed by atoms with Gasteiger partial charge in [0.15, 0.2) is 21.2 Å². The minimum atomic E-state index is -3.33. The van der Waals surface area contributed by atoms with E-state index in [9.17, 15) is 13.2 Å². The summed E-state index contributed by atoms with van der Waals surface area (Å²) < 4.78 is 31.5. The summed E-state index contributed by atoms with van der Waals surface area (Å²) in [4.78, 5) is 16.7. The first-order valence-corrected chi connectivity index (χ1v) is 11.8. The van der Waals surface area contributed by atoms with E-state index in [0.717, 1.165) is 23.8 Å². The van der Waals surface area contributed by atoms with Crippen LogP contribution in [0.1, 0.15) is 49.2 Å². The summed E-state index contributed by atoms with van der Waals surface area (Å²) in [6.07, 6.45) is 5.60. The van der Waals surface area contributed by atoms with Gasteiger partial charge in [0.05, 0.1) is 16.3 Å². The molecule has 1 aliphatic carbocycles. The Bertz CT molecular complexity index is 1120. The maximum atomic E-state index is 13.0. The van der Waals surface area contributed by atoms with Crippen molar-refractivity contribution < 1.29 is 17.6 Å². The van der Waals surface area contributed by atoms with E-state index in [-0.39, 0.29) is 23.5 Å². The van der Waals surface area contributed by atoms with Crippen LogP contribution in [0, 0.1) is 11.8 Å². The predicted molar refractivity (Wildman–Crippen MR) is 115 cm³/mol. The van der Waals surface area contributed by atoms with Crippen LogP contribution in [0.5, 0.6) is 0 Å². The summed E-state index contributed by atoms with van der Waals surface area (Å²) in [6.45, 7) is 4.61. The second-order valence-corrected chi connectivity index (χ2v) is 10.5. The average molecular weight is 427 g/mol. The number of benzene rings is 1. The number of fused-ring (bicyclic) bond motifs is 1. The van der Waals surface area contributed by atoms with Gasteiger partial charge in [-0.15, -0.1) is 0 Å². The summed E-state index contributed by atoms with van der Waals surface area (Å²) in [7, 11) is -3.33. The molecule has 1 aromatic carbocycles. The Morgan fingerprint density at radius 3 is 2.60 bits per heavy atom. The van der Waals surface area contributed by atoms with E-state index in [1.165, 1.54) is 0 Å². The van der Waals surface area contributed by atoms with Gasteiger partial charge in [0, 0.05) is 18.1 Å². The highest BCUT2D eigenvalue weighted by atomic mass is 32.2. The van der Waals surface area contributed by atoms with Crippen LogP contribution < -0.4 is 5.32 Å². The molecule has 0 bridgehead atoms.